The molecule has 0 bridgehead atoms. The molecule has 0 saturated carbocycles. The van der Waals surface area contributed by atoms with Gasteiger partial charge in [-0.2, -0.15) is 0 Å². The Bertz CT molecular complexity index is 538. The van der Waals surface area contributed by atoms with Crippen LogP contribution in [0.15, 0.2) is 0 Å². The summed E-state index contributed by atoms with van der Waals surface area (Å²) in [7, 11) is 0. The largest absolute Gasteiger partial charge is 0.391 e. The van der Waals surface area contributed by atoms with E-state index in [4.69, 9.17) is 5.73 Å². The number of rotatable bonds is 10. The molecule has 0 aliphatic carbocycles. The van der Waals surface area contributed by atoms with Crippen LogP contribution < -0.4 is 21.7 Å². The monoisotopic (exact) mass is 399 g/mol. The van der Waals surface area contributed by atoms with Crippen LogP contribution in [0.1, 0.15) is 34.6 Å². The van der Waals surface area contributed by atoms with Gasteiger partial charge in [0.05, 0.1) is 12.1 Å². The fourth-order valence-corrected chi connectivity index (χ4v) is 3.26. The molecular formula is C19H37N5O4. The molecule has 1 aliphatic rings. The predicted molar refractivity (Wildman–Crippen MR) is 108 cm³/mol. The number of hydrogen-bond acceptors (Lipinski definition) is 7. The van der Waals surface area contributed by atoms with Gasteiger partial charge in [-0.3, -0.25) is 19.3 Å². The van der Waals surface area contributed by atoms with E-state index in [2.05, 4.69) is 34.7 Å². The van der Waals surface area contributed by atoms with Crippen molar-refractivity contribution in [1.82, 2.24) is 20.9 Å². The van der Waals surface area contributed by atoms with Crippen molar-refractivity contribution in [2.24, 2.45) is 17.6 Å². The number of carbonyl (C=O) groups excluding carboxylic acids is 3. The molecule has 1 rings (SSSR count). The van der Waals surface area contributed by atoms with Crippen molar-refractivity contribution >= 4 is 17.6 Å². The first-order valence-corrected chi connectivity index (χ1v) is 10.1. The van der Waals surface area contributed by atoms with Gasteiger partial charge in [-0.25, -0.2) is 0 Å². The number of Topliss-reactive ketones (excluding diaryl/α,β-unsaturated/α-hetero) is 1. The average Bonchev–Trinajstić information content (AvgIpc) is 2.62. The molecular weight excluding hydrogens is 362 g/mol. The number of nitrogens with zero attached hydrogens (tertiary/aromatic N) is 1. The zero-order valence-corrected chi connectivity index (χ0v) is 17.7. The molecule has 4 atom stereocenters. The molecule has 1 unspecified atom stereocenters. The van der Waals surface area contributed by atoms with Gasteiger partial charge in [0.25, 0.3) is 0 Å². The highest BCUT2D eigenvalue weighted by atomic mass is 16.3. The number of ketones is 1. The lowest BCUT2D eigenvalue weighted by molar-refractivity contribution is -0.136. The molecule has 0 aromatic heterocycles. The molecule has 2 amide bonds. The number of nitrogens with two attached hydrogens (primary N) is 1. The Kier molecular flexibility index (Phi) is 10.0. The zero-order chi connectivity index (χ0) is 21.4. The number of carbonyl (C=O) groups is 3. The van der Waals surface area contributed by atoms with E-state index in [9.17, 15) is 19.5 Å². The maximum absolute atomic E-state index is 12.8. The molecule has 1 saturated heterocycles. The first-order chi connectivity index (χ1) is 13.1. The minimum absolute atomic E-state index is 0.0437. The fraction of sp³-hybridized carbons (Fsp3) is 0.842. The zero-order valence-electron chi connectivity index (χ0n) is 17.7. The highest BCUT2D eigenvalue weighted by molar-refractivity contribution is 5.94. The molecule has 6 N–H and O–H groups in total. The Labute approximate surface area is 167 Å². The summed E-state index contributed by atoms with van der Waals surface area (Å²) in [4.78, 5) is 39.7. The van der Waals surface area contributed by atoms with Crippen LogP contribution in [0.25, 0.3) is 0 Å². The summed E-state index contributed by atoms with van der Waals surface area (Å²) in [6, 6.07) is -2.43. The SMILES string of the molecule is CC(C)CN1CCNC[C@H]1C(=O)N[C@H](C(=O)N[C@@H](CN)C(=O)C(C)C)C(C)O. The van der Waals surface area contributed by atoms with E-state index in [1.54, 1.807) is 13.8 Å². The van der Waals surface area contributed by atoms with Crippen LogP contribution in [-0.4, -0.2) is 84.6 Å². The number of nitrogens with one attached hydrogen (secondary N) is 3. The maximum Gasteiger partial charge on any atom is 0.245 e. The van der Waals surface area contributed by atoms with E-state index in [1.165, 1.54) is 6.92 Å². The number of aliphatic hydroxyl groups is 1. The van der Waals surface area contributed by atoms with Crippen molar-refractivity contribution in [2.45, 2.75) is 58.8 Å². The Morgan fingerprint density at radius 1 is 1.18 bits per heavy atom. The van der Waals surface area contributed by atoms with E-state index in [0.717, 1.165) is 19.6 Å². The van der Waals surface area contributed by atoms with Crippen LogP contribution in [0.3, 0.4) is 0 Å². The highest BCUT2D eigenvalue weighted by Gasteiger charge is 2.34. The van der Waals surface area contributed by atoms with Gasteiger partial charge in [0.15, 0.2) is 5.78 Å². The minimum Gasteiger partial charge on any atom is -0.391 e. The van der Waals surface area contributed by atoms with Gasteiger partial charge in [0.1, 0.15) is 12.1 Å². The first-order valence-electron chi connectivity index (χ1n) is 10.1. The maximum atomic E-state index is 12.8. The van der Waals surface area contributed by atoms with Crippen LogP contribution in [0.2, 0.25) is 0 Å². The Balaban J connectivity index is 2.83. The van der Waals surface area contributed by atoms with E-state index in [1.807, 2.05) is 0 Å². The Hall–Kier alpha value is -1.55. The van der Waals surface area contributed by atoms with Crippen molar-refractivity contribution in [3.63, 3.8) is 0 Å². The summed E-state index contributed by atoms with van der Waals surface area (Å²) in [6.07, 6.45) is -1.12. The number of amides is 2. The summed E-state index contributed by atoms with van der Waals surface area (Å²) in [6.45, 7) is 11.8. The minimum atomic E-state index is -1.16. The van der Waals surface area contributed by atoms with E-state index in [-0.39, 0.29) is 24.2 Å². The van der Waals surface area contributed by atoms with Gasteiger partial charge < -0.3 is 26.8 Å². The van der Waals surface area contributed by atoms with Crippen molar-refractivity contribution in [2.75, 3.05) is 32.7 Å². The normalized spacial score (nSPS) is 21.2. The molecule has 1 heterocycles. The van der Waals surface area contributed by atoms with Gasteiger partial charge in [0, 0.05) is 38.6 Å². The van der Waals surface area contributed by atoms with Gasteiger partial charge in [0.2, 0.25) is 11.8 Å². The van der Waals surface area contributed by atoms with Gasteiger partial charge in [-0.05, 0) is 12.8 Å². The second-order valence-electron chi connectivity index (χ2n) is 8.19. The molecule has 0 aromatic carbocycles. The number of hydrogen-bond donors (Lipinski definition) is 5. The van der Waals surface area contributed by atoms with Gasteiger partial charge in [-0.1, -0.05) is 27.7 Å². The first kappa shape index (κ1) is 24.5. The molecule has 1 aliphatic heterocycles. The molecule has 0 radical (unpaired) electrons. The van der Waals surface area contributed by atoms with E-state index in [0.29, 0.717) is 12.5 Å². The molecule has 0 spiro atoms. The van der Waals surface area contributed by atoms with Crippen LogP contribution in [0.4, 0.5) is 0 Å². The van der Waals surface area contributed by atoms with Crippen molar-refractivity contribution in [1.29, 1.82) is 0 Å². The lowest BCUT2D eigenvalue weighted by Gasteiger charge is -2.37. The van der Waals surface area contributed by atoms with Crippen molar-refractivity contribution in [3.8, 4) is 0 Å². The van der Waals surface area contributed by atoms with Crippen molar-refractivity contribution in [3.05, 3.63) is 0 Å². The lowest BCUT2D eigenvalue weighted by Crippen LogP contribution is -2.63. The van der Waals surface area contributed by atoms with Gasteiger partial charge in [-0.15, -0.1) is 0 Å². The number of aliphatic hydroxyl groups excluding tert-OH is 1. The second-order valence-corrected chi connectivity index (χ2v) is 8.19. The summed E-state index contributed by atoms with van der Waals surface area (Å²) in [5, 5.41) is 18.5. The Morgan fingerprint density at radius 3 is 2.32 bits per heavy atom. The summed E-state index contributed by atoms with van der Waals surface area (Å²) < 4.78 is 0. The van der Waals surface area contributed by atoms with Gasteiger partial charge >= 0.3 is 0 Å². The van der Waals surface area contributed by atoms with Crippen LogP contribution in [-0.2, 0) is 14.4 Å². The molecule has 9 nitrogen and oxygen atoms in total. The third kappa shape index (κ3) is 7.12. The molecule has 1 fully saturated rings. The molecule has 28 heavy (non-hydrogen) atoms. The topological polar surface area (TPSA) is 137 Å². The van der Waals surface area contributed by atoms with Crippen molar-refractivity contribution < 1.29 is 19.5 Å². The third-order valence-corrected chi connectivity index (χ3v) is 4.78. The number of piperazine rings is 1. The standard InChI is InChI=1S/C19H37N5O4/c1-11(2)10-24-7-6-21-9-15(24)18(27)23-16(13(5)25)19(28)22-14(8-20)17(26)12(3)4/h11-16,21,25H,6-10,20H2,1-5H3,(H,22,28)(H,23,27)/t13?,14-,15-,16-/m0/s1. The summed E-state index contributed by atoms with van der Waals surface area (Å²) in [5.41, 5.74) is 5.62. The predicted octanol–water partition coefficient (Wildman–Crippen LogP) is -1.55. The van der Waals surface area contributed by atoms with Crippen LogP contribution in [0.5, 0.6) is 0 Å². The fourth-order valence-electron chi connectivity index (χ4n) is 3.26. The molecule has 162 valence electrons. The summed E-state index contributed by atoms with van der Waals surface area (Å²) >= 11 is 0. The smallest absolute Gasteiger partial charge is 0.245 e. The van der Waals surface area contributed by atoms with Crippen LogP contribution >= 0.6 is 0 Å². The average molecular weight is 400 g/mol. The van der Waals surface area contributed by atoms with E-state index >= 15 is 0 Å². The third-order valence-electron chi connectivity index (χ3n) is 4.78. The van der Waals surface area contributed by atoms with E-state index < -0.39 is 30.1 Å². The Morgan fingerprint density at radius 2 is 1.82 bits per heavy atom. The lowest BCUT2D eigenvalue weighted by atomic mass is 10.0. The quantitative estimate of drug-likeness (QED) is 0.300. The molecule has 9 heteroatoms. The highest BCUT2D eigenvalue weighted by Crippen LogP contribution is 2.09. The second kappa shape index (κ2) is 11.5. The summed E-state index contributed by atoms with van der Waals surface area (Å²) in [5.74, 6) is -1.02. The molecule has 0 aromatic rings. The van der Waals surface area contributed by atoms with Crippen LogP contribution in [0, 0.1) is 11.8 Å².